The Morgan fingerprint density at radius 2 is 2.25 bits per heavy atom. The number of nitrogens with one attached hydrogen (secondary N) is 1. The van der Waals surface area contributed by atoms with Crippen LogP contribution in [0.5, 0.6) is 0 Å². The normalized spacial score (nSPS) is 24.6. The molecule has 1 aliphatic carbocycles. The van der Waals surface area contributed by atoms with E-state index in [1.54, 1.807) is 13.2 Å². The van der Waals surface area contributed by atoms with E-state index in [9.17, 15) is 0 Å². The fraction of sp³-hybridized carbons (Fsp3) is 0.636. The Morgan fingerprint density at radius 3 is 2.94 bits per heavy atom. The predicted octanol–water partition coefficient (Wildman–Crippen LogP) is 1.35. The van der Waals surface area contributed by atoms with Gasteiger partial charge in [0.2, 0.25) is 0 Å². The smallest absolute Gasteiger partial charge is 0.132 e. The lowest BCUT2D eigenvalue weighted by Gasteiger charge is -2.20. The Morgan fingerprint density at radius 1 is 1.44 bits per heavy atom. The van der Waals surface area contributed by atoms with Crippen LogP contribution in [0, 0.1) is 6.92 Å². The highest BCUT2D eigenvalue weighted by Gasteiger charge is 2.27. The molecule has 2 atom stereocenters. The number of ether oxygens (including phenoxy) is 1. The van der Waals surface area contributed by atoms with Crippen LogP contribution in [0.25, 0.3) is 0 Å². The number of nitrogen functional groups attached to an aromatic ring is 1. The van der Waals surface area contributed by atoms with Gasteiger partial charge in [0.05, 0.1) is 12.1 Å². The molecule has 0 amide bonds. The third kappa shape index (κ3) is 2.41. The van der Waals surface area contributed by atoms with Gasteiger partial charge in [0.15, 0.2) is 0 Å². The van der Waals surface area contributed by atoms with Gasteiger partial charge in [0, 0.05) is 13.2 Å². The zero-order valence-electron chi connectivity index (χ0n) is 9.73. The van der Waals surface area contributed by atoms with E-state index in [0.717, 1.165) is 18.7 Å². The summed E-state index contributed by atoms with van der Waals surface area (Å²) in [5.41, 5.74) is 5.68. The van der Waals surface area contributed by atoms with Gasteiger partial charge in [-0.2, -0.15) is 0 Å². The SMILES string of the molecule is COC1CCCC1Nc1cc(N)nc(C)n1. The lowest BCUT2D eigenvalue weighted by Crippen LogP contribution is -2.30. The molecule has 88 valence electrons. The van der Waals surface area contributed by atoms with Crippen molar-refractivity contribution in [1.82, 2.24) is 9.97 Å². The predicted molar refractivity (Wildman–Crippen MR) is 63.2 cm³/mol. The molecule has 2 rings (SSSR count). The molecule has 1 aromatic rings. The molecule has 1 fully saturated rings. The van der Waals surface area contributed by atoms with Crippen molar-refractivity contribution in [2.24, 2.45) is 0 Å². The summed E-state index contributed by atoms with van der Waals surface area (Å²) in [6.45, 7) is 1.84. The van der Waals surface area contributed by atoms with Crippen LogP contribution in [-0.4, -0.2) is 29.2 Å². The van der Waals surface area contributed by atoms with Gasteiger partial charge in [-0.15, -0.1) is 0 Å². The van der Waals surface area contributed by atoms with Crippen LogP contribution in [0.1, 0.15) is 25.1 Å². The second kappa shape index (κ2) is 4.65. The Balaban J connectivity index is 2.08. The highest BCUT2D eigenvalue weighted by atomic mass is 16.5. The monoisotopic (exact) mass is 222 g/mol. The first-order valence-electron chi connectivity index (χ1n) is 5.59. The first-order chi connectivity index (χ1) is 7.69. The molecule has 0 aliphatic heterocycles. The fourth-order valence-corrected chi connectivity index (χ4v) is 2.23. The fourth-order valence-electron chi connectivity index (χ4n) is 2.23. The minimum absolute atomic E-state index is 0.275. The van der Waals surface area contributed by atoms with Crippen molar-refractivity contribution in [2.45, 2.75) is 38.3 Å². The van der Waals surface area contributed by atoms with Crippen molar-refractivity contribution in [3.63, 3.8) is 0 Å². The number of anilines is 2. The number of methoxy groups -OCH3 is 1. The van der Waals surface area contributed by atoms with E-state index in [1.165, 1.54) is 6.42 Å². The van der Waals surface area contributed by atoms with Crippen molar-refractivity contribution in [3.05, 3.63) is 11.9 Å². The molecule has 1 heterocycles. The number of aryl methyl sites for hydroxylation is 1. The largest absolute Gasteiger partial charge is 0.384 e. The van der Waals surface area contributed by atoms with Gasteiger partial charge in [0.25, 0.3) is 0 Å². The summed E-state index contributed by atoms with van der Waals surface area (Å²) in [4.78, 5) is 8.35. The summed E-state index contributed by atoms with van der Waals surface area (Å²) in [6.07, 6.45) is 3.68. The van der Waals surface area contributed by atoms with E-state index in [0.29, 0.717) is 17.7 Å². The number of rotatable bonds is 3. The molecule has 3 N–H and O–H groups in total. The number of nitrogens with zero attached hydrogens (tertiary/aromatic N) is 2. The van der Waals surface area contributed by atoms with E-state index < -0.39 is 0 Å². The molecule has 1 saturated carbocycles. The lowest BCUT2D eigenvalue weighted by molar-refractivity contribution is 0.101. The maximum Gasteiger partial charge on any atom is 0.132 e. The number of hydrogen-bond acceptors (Lipinski definition) is 5. The molecule has 1 aliphatic rings. The van der Waals surface area contributed by atoms with Crippen LogP contribution in [0.15, 0.2) is 6.07 Å². The van der Waals surface area contributed by atoms with Crippen molar-refractivity contribution in [2.75, 3.05) is 18.2 Å². The van der Waals surface area contributed by atoms with Crippen molar-refractivity contribution >= 4 is 11.6 Å². The zero-order chi connectivity index (χ0) is 11.5. The molecule has 1 aromatic heterocycles. The van der Waals surface area contributed by atoms with E-state index in [-0.39, 0.29) is 6.10 Å². The average Bonchev–Trinajstić information content (AvgIpc) is 2.63. The average molecular weight is 222 g/mol. The number of hydrogen-bond donors (Lipinski definition) is 2. The minimum Gasteiger partial charge on any atom is -0.384 e. The molecule has 5 nitrogen and oxygen atoms in total. The van der Waals surface area contributed by atoms with E-state index >= 15 is 0 Å². The van der Waals surface area contributed by atoms with Crippen LogP contribution in [0.2, 0.25) is 0 Å². The number of aromatic nitrogens is 2. The first-order valence-corrected chi connectivity index (χ1v) is 5.59. The van der Waals surface area contributed by atoms with Gasteiger partial charge in [-0.05, 0) is 26.2 Å². The van der Waals surface area contributed by atoms with Crippen LogP contribution < -0.4 is 11.1 Å². The molecular formula is C11H18N4O. The quantitative estimate of drug-likeness (QED) is 0.807. The molecule has 16 heavy (non-hydrogen) atoms. The highest BCUT2D eigenvalue weighted by molar-refractivity contribution is 5.45. The molecule has 0 saturated heterocycles. The van der Waals surface area contributed by atoms with E-state index in [4.69, 9.17) is 10.5 Å². The van der Waals surface area contributed by atoms with Gasteiger partial charge < -0.3 is 15.8 Å². The third-order valence-electron chi connectivity index (χ3n) is 2.95. The minimum atomic E-state index is 0.275. The summed E-state index contributed by atoms with van der Waals surface area (Å²) in [5, 5.41) is 3.37. The van der Waals surface area contributed by atoms with Gasteiger partial charge in [-0.1, -0.05) is 0 Å². The maximum absolute atomic E-state index is 5.68. The Hall–Kier alpha value is -1.36. The highest BCUT2D eigenvalue weighted by Crippen LogP contribution is 2.24. The van der Waals surface area contributed by atoms with Crippen molar-refractivity contribution < 1.29 is 4.74 Å². The third-order valence-corrected chi connectivity index (χ3v) is 2.95. The summed E-state index contributed by atoms with van der Waals surface area (Å²) in [6, 6.07) is 2.09. The van der Waals surface area contributed by atoms with E-state index in [1.807, 2.05) is 6.92 Å². The van der Waals surface area contributed by atoms with Crippen molar-refractivity contribution in [1.29, 1.82) is 0 Å². The Bertz CT molecular complexity index is 349. The number of nitrogens with two attached hydrogens (primary N) is 1. The van der Waals surface area contributed by atoms with Gasteiger partial charge in [0.1, 0.15) is 17.5 Å². The summed E-state index contributed by atoms with van der Waals surface area (Å²) >= 11 is 0. The molecule has 0 aromatic carbocycles. The second-order valence-electron chi connectivity index (χ2n) is 4.18. The van der Waals surface area contributed by atoms with Crippen LogP contribution in [0.4, 0.5) is 11.6 Å². The second-order valence-corrected chi connectivity index (χ2v) is 4.18. The van der Waals surface area contributed by atoms with Gasteiger partial charge in [-0.25, -0.2) is 9.97 Å². The summed E-state index contributed by atoms with van der Waals surface area (Å²) in [5.74, 6) is 1.98. The van der Waals surface area contributed by atoms with Gasteiger partial charge in [-0.3, -0.25) is 0 Å². The zero-order valence-corrected chi connectivity index (χ0v) is 9.73. The summed E-state index contributed by atoms with van der Waals surface area (Å²) in [7, 11) is 1.75. The van der Waals surface area contributed by atoms with E-state index in [2.05, 4.69) is 15.3 Å². The molecule has 0 spiro atoms. The molecule has 0 bridgehead atoms. The van der Waals surface area contributed by atoms with Crippen LogP contribution in [-0.2, 0) is 4.74 Å². The summed E-state index contributed by atoms with van der Waals surface area (Å²) < 4.78 is 5.42. The lowest BCUT2D eigenvalue weighted by atomic mass is 10.2. The molecular weight excluding hydrogens is 204 g/mol. The standard InChI is InChI=1S/C11H18N4O/c1-7-13-10(12)6-11(14-7)15-8-4-3-5-9(8)16-2/h6,8-9H,3-5H2,1-2H3,(H3,12,13,14,15). The molecule has 2 unspecified atom stereocenters. The van der Waals surface area contributed by atoms with Crippen LogP contribution >= 0.6 is 0 Å². The van der Waals surface area contributed by atoms with Gasteiger partial charge >= 0.3 is 0 Å². The molecule has 5 heteroatoms. The Labute approximate surface area is 95.4 Å². The van der Waals surface area contributed by atoms with Crippen LogP contribution in [0.3, 0.4) is 0 Å². The maximum atomic E-state index is 5.68. The first kappa shape index (κ1) is 11.1. The van der Waals surface area contributed by atoms with Crippen molar-refractivity contribution in [3.8, 4) is 0 Å². The topological polar surface area (TPSA) is 73.1 Å². The molecule has 0 radical (unpaired) electrons. The Kier molecular flexibility index (Phi) is 3.24.